The van der Waals surface area contributed by atoms with E-state index in [1.807, 2.05) is 78.9 Å². The molecule has 3 aromatic carbocycles. The van der Waals surface area contributed by atoms with E-state index in [9.17, 15) is 24.3 Å². The van der Waals surface area contributed by atoms with Crippen molar-refractivity contribution in [2.75, 3.05) is 6.54 Å². The van der Waals surface area contributed by atoms with E-state index >= 15 is 0 Å². The number of aromatic amines is 2. The highest BCUT2D eigenvalue weighted by Crippen LogP contribution is 2.24. The smallest absolute Gasteiger partial charge is 0.408 e. The molecule has 0 spiro atoms. The van der Waals surface area contributed by atoms with Gasteiger partial charge in [0.05, 0.1) is 0 Å². The molecule has 3 heterocycles. The van der Waals surface area contributed by atoms with E-state index in [-0.39, 0.29) is 26.0 Å². The average Bonchev–Trinajstić information content (AvgIpc) is 3.83. The van der Waals surface area contributed by atoms with Gasteiger partial charge in [-0.2, -0.15) is 0 Å². The maximum absolute atomic E-state index is 14.1. The highest BCUT2D eigenvalue weighted by molar-refractivity contribution is 5.95. The standard InChI is InChI=1S/C35H35N5O6/c41-32(29(17-23-19-36-27-13-6-4-11-25(23)27)39-35(45)46-21-22-9-2-1-3-10-22)38-30(33(42)40-16-8-15-31(40)34(43)44)18-24-20-37-28-14-7-5-12-26(24)28/h1-7,9-14,19-20,29-31,36-37H,8,15-18,21H2,(H,38,41)(H,39,45)(H,43,44)/t29-,30-,31-/m0/s1. The Kier molecular flexibility index (Phi) is 9.00. The van der Waals surface area contributed by atoms with Gasteiger partial charge in [0.25, 0.3) is 0 Å². The number of ether oxygens (including phenoxy) is 1. The number of H-pyrrole nitrogens is 2. The van der Waals surface area contributed by atoms with Crippen LogP contribution in [0.15, 0.2) is 91.3 Å². The number of hydrogen-bond acceptors (Lipinski definition) is 5. The molecule has 11 nitrogen and oxygen atoms in total. The minimum atomic E-state index is -1.10. The fraction of sp³-hybridized carbons (Fsp3) is 0.257. The van der Waals surface area contributed by atoms with Crippen molar-refractivity contribution < 1.29 is 29.0 Å². The topological polar surface area (TPSA) is 157 Å². The van der Waals surface area contributed by atoms with E-state index in [0.717, 1.165) is 38.5 Å². The molecule has 5 N–H and O–H groups in total. The number of alkyl carbamates (subject to hydrolysis) is 1. The molecule has 0 bridgehead atoms. The largest absolute Gasteiger partial charge is 0.480 e. The van der Waals surface area contributed by atoms with Crippen molar-refractivity contribution in [3.8, 4) is 0 Å². The molecule has 1 aliphatic heterocycles. The Bertz CT molecular complexity index is 1870. The number of nitrogens with zero attached hydrogens (tertiary/aromatic N) is 1. The molecule has 6 rings (SSSR count). The number of carboxylic acids is 1. The van der Waals surface area contributed by atoms with Gasteiger partial charge in [-0.15, -0.1) is 0 Å². The molecule has 3 atom stereocenters. The minimum absolute atomic E-state index is 0.0152. The van der Waals surface area contributed by atoms with Crippen LogP contribution in [-0.2, 0) is 38.6 Å². The van der Waals surface area contributed by atoms with Crippen molar-refractivity contribution >= 4 is 45.7 Å². The van der Waals surface area contributed by atoms with E-state index in [0.29, 0.717) is 12.8 Å². The SMILES string of the molecule is O=C(N[C@@H](Cc1c[nH]c2ccccc12)C(=O)N[C@@H](Cc1c[nH]c2ccccc12)C(=O)N1CCC[C@H]1C(=O)O)OCc1ccccc1. The van der Waals surface area contributed by atoms with Gasteiger partial charge in [-0.05, 0) is 41.7 Å². The van der Waals surface area contributed by atoms with Gasteiger partial charge in [0, 0.05) is 53.6 Å². The third-order valence-corrected chi connectivity index (χ3v) is 8.45. The van der Waals surface area contributed by atoms with Crippen LogP contribution in [0.3, 0.4) is 0 Å². The zero-order valence-electron chi connectivity index (χ0n) is 25.1. The van der Waals surface area contributed by atoms with Crippen LogP contribution in [0.25, 0.3) is 21.8 Å². The van der Waals surface area contributed by atoms with Gasteiger partial charge in [-0.1, -0.05) is 66.7 Å². The molecule has 1 saturated heterocycles. The normalized spacial score (nSPS) is 15.8. The molecule has 1 aliphatic rings. The number of aliphatic carboxylic acids is 1. The van der Waals surface area contributed by atoms with Crippen LogP contribution in [0.5, 0.6) is 0 Å². The fourth-order valence-electron chi connectivity index (χ4n) is 6.12. The predicted molar refractivity (Wildman–Crippen MR) is 172 cm³/mol. The second-order valence-electron chi connectivity index (χ2n) is 11.5. The Morgan fingerprint density at radius 1 is 0.804 bits per heavy atom. The van der Waals surface area contributed by atoms with E-state index in [2.05, 4.69) is 20.6 Å². The van der Waals surface area contributed by atoms with E-state index in [1.165, 1.54) is 4.90 Å². The Labute approximate surface area is 264 Å². The lowest BCUT2D eigenvalue weighted by atomic mass is 10.0. The molecule has 2 aromatic heterocycles. The lowest BCUT2D eigenvalue weighted by Crippen LogP contribution is -2.57. The number of carboxylic acid groups (broad SMARTS) is 1. The van der Waals surface area contributed by atoms with Crippen LogP contribution in [0.1, 0.15) is 29.5 Å². The zero-order valence-corrected chi connectivity index (χ0v) is 25.1. The summed E-state index contributed by atoms with van der Waals surface area (Å²) in [6, 6.07) is 21.3. The number of fused-ring (bicyclic) bond motifs is 2. The first-order chi connectivity index (χ1) is 22.4. The van der Waals surface area contributed by atoms with Crippen molar-refractivity contribution in [3.05, 3.63) is 108 Å². The quantitative estimate of drug-likeness (QED) is 0.148. The maximum Gasteiger partial charge on any atom is 0.408 e. The lowest BCUT2D eigenvalue weighted by Gasteiger charge is -2.28. The third-order valence-electron chi connectivity index (χ3n) is 8.45. The summed E-state index contributed by atoms with van der Waals surface area (Å²) in [6.07, 6.45) is 3.92. The number of aromatic nitrogens is 2. The van der Waals surface area contributed by atoms with Crippen molar-refractivity contribution in [2.45, 2.75) is 50.4 Å². The molecule has 3 amide bonds. The number of rotatable bonds is 11. The van der Waals surface area contributed by atoms with E-state index < -0.39 is 42.0 Å². The summed E-state index contributed by atoms with van der Waals surface area (Å²) in [4.78, 5) is 60.8. The molecule has 1 fully saturated rings. The van der Waals surface area contributed by atoms with Gasteiger partial charge in [0.15, 0.2) is 0 Å². The number of likely N-dealkylation sites (tertiary alicyclic amines) is 1. The highest BCUT2D eigenvalue weighted by atomic mass is 16.5. The van der Waals surface area contributed by atoms with Gasteiger partial charge >= 0.3 is 12.1 Å². The lowest BCUT2D eigenvalue weighted by molar-refractivity contribution is -0.149. The van der Waals surface area contributed by atoms with E-state index in [1.54, 1.807) is 12.4 Å². The highest BCUT2D eigenvalue weighted by Gasteiger charge is 2.38. The molecule has 0 saturated carbocycles. The van der Waals surface area contributed by atoms with E-state index in [4.69, 9.17) is 4.74 Å². The van der Waals surface area contributed by atoms with Gasteiger partial charge in [0.2, 0.25) is 11.8 Å². The van der Waals surface area contributed by atoms with Crippen molar-refractivity contribution in [2.24, 2.45) is 0 Å². The first-order valence-corrected chi connectivity index (χ1v) is 15.3. The summed E-state index contributed by atoms with van der Waals surface area (Å²) in [5.41, 5.74) is 4.13. The Morgan fingerprint density at radius 3 is 2.02 bits per heavy atom. The van der Waals surface area contributed by atoms with Crippen molar-refractivity contribution in [1.82, 2.24) is 25.5 Å². The second kappa shape index (κ2) is 13.6. The molecular weight excluding hydrogens is 586 g/mol. The molecule has 5 aromatic rings. The van der Waals surface area contributed by atoms with Crippen LogP contribution < -0.4 is 10.6 Å². The molecule has 236 valence electrons. The molecule has 0 radical (unpaired) electrons. The van der Waals surface area contributed by atoms with Crippen LogP contribution in [0.2, 0.25) is 0 Å². The first-order valence-electron chi connectivity index (χ1n) is 15.3. The zero-order chi connectivity index (χ0) is 32.0. The van der Waals surface area contributed by atoms with Crippen LogP contribution >= 0.6 is 0 Å². The monoisotopic (exact) mass is 621 g/mol. The second-order valence-corrected chi connectivity index (χ2v) is 11.5. The molecule has 0 unspecified atom stereocenters. The Balaban J connectivity index is 1.27. The average molecular weight is 622 g/mol. The number of benzene rings is 3. The number of nitrogens with one attached hydrogen (secondary N) is 4. The number of hydrogen-bond donors (Lipinski definition) is 5. The third kappa shape index (κ3) is 6.73. The molecule has 46 heavy (non-hydrogen) atoms. The summed E-state index contributed by atoms with van der Waals surface area (Å²) in [5.74, 6) is -2.16. The van der Waals surface area contributed by atoms with Crippen LogP contribution in [-0.4, -0.2) is 68.5 Å². The predicted octanol–water partition coefficient (Wildman–Crippen LogP) is 4.29. The van der Waals surface area contributed by atoms with Crippen LogP contribution in [0, 0.1) is 0 Å². The summed E-state index contributed by atoms with van der Waals surface area (Å²) >= 11 is 0. The van der Waals surface area contributed by atoms with Crippen LogP contribution in [0.4, 0.5) is 4.79 Å². The molecule has 11 heteroatoms. The van der Waals surface area contributed by atoms with Crippen molar-refractivity contribution in [1.29, 1.82) is 0 Å². The van der Waals surface area contributed by atoms with Gasteiger partial charge < -0.3 is 35.3 Å². The number of carbonyl (C=O) groups excluding carboxylic acids is 3. The minimum Gasteiger partial charge on any atom is -0.480 e. The first kappa shape index (κ1) is 30.4. The van der Waals surface area contributed by atoms with Gasteiger partial charge in [0.1, 0.15) is 24.7 Å². The fourth-order valence-corrected chi connectivity index (χ4v) is 6.12. The summed E-state index contributed by atoms with van der Waals surface area (Å²) < 4.78 is 5.44. The van der Waals surface area contributed by atoms with Crippen molar-refractivity contribution in [3.63, 3.8) is 0 Å². The number of carbonyl (C=O) groups is 4. The van der Waals surface area contributed by atoms with Gasteiger partial charge in [-0.3, -0.25) is 9.59 Å². The van der Waals surface area contributed by atoms with Gasteiger partial charge in [-0.25, -0.2) is 9.59 Å². The number of para-hydroxylation sites is 2. The molecular formula is C35H35N5O6. The molecule has 0 aliphatic carbocycles. The number of amides is 3. The summed E-state index contributed by atoms with van der Waals surface area (Å²) in [7, 11) is 0. The Morgan fingerprint density at radius 2 is 1.39 bits per heavy atom. The summed E-state index contributed by atoms with van der Waals surface area (Å²) in [5, 5.41) is 17.2. The Hall–Kier alpha value is -5.58. The maximum atomic E-state index is 14.1. The summed E-state index contributed by atoms with van der Waals surface area (Å²) in [6.45, 7) is 0.292.